The lowest BCUT2D eigenvalue weighted by molar-refractivity contribution is 1.19. The number of aromatic nitrogens is 2. The third-order valence-electron chi connectivity index (χ3n) is 2.83. The number of nitrogens with zero attached hydrogens (tertiary/aromatic N) is 4. The van der Waals surface area contributed by atoms with E-state index < -0.39 is 0 Å². The van der Waals surface area contributed by atoms with Crippen LogP contribution in [0.2, 0.25) is 0 Å². The molecule has 0 bridgehead atoms. The molecule has 1 aromatic heterocycles. The van der Waals surface area contributed by atoms with Crippen LogP contribution in [0.1, 0.15) is 5.69 Å². The molecule has 0 saturated heterocycles. The average molecular weight is 206 g/mol. The summed E-state index contributed by atoms with van der Waals surface area (Å²) in [5.41, 5.74) is 3.78. The lowest BCUT2D eigenvalue weighted by atomic mass is 10.1. The van der Waals surface area contributed by atoms with E-state index in [1.165, 1.54) is 0 Å². The molecule has 1 aliphatic carbocycles. The molecular formula is C12H6N4. The van der Waals surface area contributed by atoms with Gasteiger partial charge in [-0.1, -0.05) is 6.07 Å². The van der Waals surface area contributed by atoms with Crippen molar-refractivity contribution in [3.63, 3.8) is 0 Å². The van der Waals surface area contributed by atoms with Crippen LogP contribution in [0.3, 0.4) is 0 Å². The third kappa shape index (κ3) is 0.839. The van der Waals surface area contributed by atoms with Gasteiger partial charge in [0, 0.05) is 18.0 Å². The number of hydrogen-bond donors (Lipinski definition) is 0. The van der Waals surface area contributed by atoms with E-state index in [2.05, 4.69) is 20.0 Å². The van der Waals surface area contributed by atoms with E-state index in [-0.39, 0.29) is 0 Å². The summed E-state index contributed by atoms with van der Waals surface area (Å²) in [6, 6.07) is 4.01. The second kappa shape index (κ2) is 2.61. The Morgan fingerprint density at radius 1 is 1.00 bits per heavy atom. The van der Waals surface area contributed by atoms with Gasteiger partial charge in [0.2, 0.25) is 0 Å². The van der Waals surface area contributed by atoms with Crippen LogP contribution in [0.5, 0.6) is 0 Å². The first-order chi connectivity index (χ1) is 7.93. The highest BCUT2D eigenvalue weighted by atomic mass is 14.9. The Morgan fingerprint density at radius 3 is 2.94 bits per heavy atom. The Bertz CT molecular complexity index is 759. The molecule has 0 radical (unpaired) electrons. The highest BCUT2D eigenvalue weighted by Crippen LogP contribution is 2.29. The number of benzene rings is 1. The maximum atomic E-state index is 4.37. The first-order valence-corrected chi connectivity index (χ1v) is 5.00. The molecule has 0 amide bonds. The summed E-state index contributed by atoms with van der Waals surface area (Å²) in [5.74, 6) is 0. The van der Waals surface area contributed by atoms with Crippen molar-refractivity contribution in [2.24, 2.45) is 9.98 Å². The predicted molar refractivity (Wildman–Crippen MR) is 60.0 cm³/mol. The summed E-state index contributed by atoms with van der Waals surface area (Å²) in [5, 5.41) is 2.03. The zero-order chi connectivity index (χ0) is 10.5. The smallest absolute Gasteiger partial charge is 0.116 e. The van der Waals surface area contributed by atoms with Crippen LogP contribution in [-0.2, 0) is 0 Å². The maximum Gasteiger partial charge on any atom is 0.116 e. The fourth-order valence-corrected chi connectivity index (χ4v) is 2.14. The molecule has 4 rings (SSSR count). The van der Waals surface area contributed by atoms with Crippen LogP contribution in [0, 0.1) is 0 Å². The minimum Gasteiger partial charge on any atom is -0.253 e. The summed E-state index contributed by atoms with van der Waals surface area (Å²) >= 11 is 0. The fourth-order valence-electron chi connectivity index (χ4n) is 2.14. The van der Waals surface area contributed by atoms with Gasteiger partial charge in [0.05, 0.1) is 16.7 Å². The first-order valence-electron chi connectivity index (χ1n) is 5.00. The van der Waals surface area contributed by atoms with Gasteiger partial charge in [0.1, 0.15) is 12.0 Å². The van der Waals surface area contributed by atoms with Crippen molar-refractivity contribution in [3.8, 4) is 11.3 Å². The Morgan fingerprint density at radius 2 is 1.94 bits per heavy atom. The molecule has 2 aromatic rings. The van der Waals surface area contributed by atoms with E-state index in [0.717, 1.165) is 33.2 Å². The van der Waals surface area contributed by atoms with E-state index >= 15 is 0 Å². The lowest BCUT2D eigenvalue weighted by Crippen LogP contribution is -2.09. The summed E-state index contributed by atoms with van der Waals surface area (Å²) in [7, 11) is 0. The molecule has 0 unspecified atom stereocenters. The molecule has 0 saturated carbocycles. The quantitative estimate of drug-likeness (QED) is 0.540. The normalized spacial score (nSPS) is 13.8. The van der Waals surface area contributed by atoms with Gasteiger partial charge in [0.25, 0.3) is 0 Å². The van der Waals surface area contributed by atoms with Crippen molar-refractivity contribution in [1.29, 1.82) is 0 Å². The summed E-state index contributed by atoms with van der Waals surface area (Å²) < 4.78 is 0. The highest BCUT2D eigenvalue weighted by molar-refractivity contribution is 5.87. The SMILES string of the molecule is C1=Nc2c3c(ccc2=N1)=Cc1nccnc1-3. The van der Waals surface area contributed by atoms with Crippen molar-refractivity contribution in [3.05, 3.63) is 40.8 Å². The minimum absolute atomic E-state index is 0.906. The molecule has 16 heavy (non-hydrogen) atoms. The van der Waals surface area contributed by atoms with Gasteiger partial charge in [-0.15, -0.1) is 0 Å². The number of aliphatic imine (C=N–C) groups is 1. The van der Waals surface area contributed by atoms with Crippen LogP contribution >= 0.6 is 0 Å². The highest BCUT2D eigenvalue weighted by Gasteiger charge is 2.19. The topological polar surface area (TPSA) is 50.5 Å². The summed E-state index contributed by atoms with van der Waals surface area (Å²) in [6.45, 7) is 0. The van der Waals surface area contributed by atoms with Gasteiger partial charge < -0.3 is 0 Å². The van der Waals surface area contributed by atoms with Crippen LogP contribution < -0.4 is 10.6 Å². The van der Waals surface area contributed by atoms with Gasteiger partial charge >= 0.3 is 0 Å². The molecule has 0 atom stereocenters. The largest absolute Gasteiger partial charge is 0.253 e. The van der Waals surface area contributed by atoms with E-state index in [4.69, 9.17) is 0 Å². The first kappa shape index (κ1) is 7.87. The molecule has 4 heteroatoms. The van der Waals surface area contributed by atoms with Crippen molar-refractivity contribution < 1.29 is 0 Å². The van der Waals surface area contributed by atoms with Crippen molar-refractivity contribution in [2.45, 2.75) is 0 Å². The molecule has 0 fully saturated rings. The van der Waals surface area contributed by atoms with Crippen LogP contribution in [0.25, 0.3) is 17.3 Å². The summed E-state index contributed by atoms with van der Waals surface area (Å²) in [6.07, 6.45) is 7.02. The standard InChI is InChI=1S/C12H6N4/c1-2-8-11(16-6-15-8)10-7(1)5-9-12(10)14-4-3-13-9/h1-6H. The monoisotopic (exact) mass is 206 g/mol. The van der Waals surface area contributed by atoms with E-state index in [9.17, 15) is 0 Å². The van der Waals surface area contributed by atoms with Gasteiger partial charge in [-0.2, -0.15) is 0 Å². The van der Waals surface area contributed by atoms with Crippen molar-refractivity contribution >= 4 is 18.1 Å². The predicted octanol–water partition coefficient (Wildman–Crippen LogP) is 0.579. The Hall–Kier alpha value is -2.36. The van der Waals surface area contributed by atoms with Crippen molar-refractivity contribution in [1.82, 2.24) is 9.97 Å². The Balaban J connectivity index is 2.22. The van der Waals surface area contributed by atoms with Crippen LogP contribution in [0.4, 0.5) is 5.69 Å². The molecule has 0 spiro atoms. The molecule has 74 valence electrons. The molecule has 0 N–H and O–H groups in total. The molecule has 1 aliphatic heterocycles. The number of hydrogen-bond acceptors (Lipinski definition) is 4. The summed E-state index contributed by atoms with van der Waals surface area (Å²) in [4.78, 5) is 17.2. The average Bonchev–Trinajstić information content (AvgIpc) is 2.91. The Labute approximate surface area is 90.7 Å². The minimum atomic E-state index is 0.906. The van der Waals surface area contributed by atoms with Gasteiger partial charge in [-0.05, 0) is 17.4 Å². The van der Waals surface area contributed by atoms with Crippen LogP contribution in [-0.4, -0.2) is 16.3 Å². The zero-order valence-corrected chi connectivity index (χ0v) is 8.25. The van der Waals surface area contributed by atoms with Gasteiger partial charge in [0.15, 0.2) is 0 Å². The molecule has 2 aliphatic rings. The van der Waals surface area contributed by atoms with Gasteiger partial charge in [-0.3, -0.25) is 9.97 Å². The van der Waals surface area contributed by atoms with Crippen LogP contribution in [0.15, 0.2) is 34.5 Å². The van der Waals surface area contributed by atoms with E-state index in [0.29, 0.717) is 0 Å². The van der Waals surface area contributed by atoms with Crippen molar-refractivity contribution in [2.75, 3.05) is 0 Å². The number of fused-ring (bicyclic) bond motifs is 5. The lowest BCUT2D eigenvalue weighted by Gasteiger charge is -2.00. The molecule has 2 heterocycles. The molecule has 4 nitrogen and oxygen atoms in total. The molecule has 1 aromatic carbocycles. The second-order valence-electron chi connectivity index (χ2n) is 3.71. The van der Waals surface area contributed by atoms with Gasteiger partial charge in [-0.25, -0.2) is 9.98 Å². The molecular weight excluding hydrogens is 200 g/mol. The Kier molecular flexibility index (Phi) is 1.28. The van der Waals surface area contributed by atoms with E-state index in [1.54, 1.807) is 18.7 Å². The third-order valence-corrected chi connectivity index (χ3v) is 2.83. The zero-order valence-electron chi connectivity index (χ0n) is 8.25. The second-order valence-corrected chi connectivity index (χ2v) is 3.71. The number of rotatable bonds is 0. The van der Waals surface area contributed by atoms with E-state index in [1.807, 2.05) is 18.2 Å². The maximum absolute atomic E-state index is 4.37. The fraction of sp³-hybridized carbons (Fsp3) is 0.